The van der Waals surface area contributed by atoms with Gasteiger partial charge in [-0.1, -0.05) is 23.7 Å². The molecule has 1 N–H and O–H groups in total. The van der Waals surface area contributed by atoms with Crippen molar-refractivity contribution >= 4 is 28.9 Å². The van der Waals surface area contributed by atoms with Crippen LogP contribution in [0.4, 0.5) is 10.1 Å². The molecule has 1 unspecified atom stereocenters. The quantitative estimate of drug-likeness (QED) is 0.841. The molecule has 0 radical (unpaired) electrons. The predicted octanol–water partition coefficient (Wildman–Crippen LogP) is 3.08. The molecular formula is C21H21ClFN3O2. The molecule has 2 heterocycles. The number of likely N-dealkylation sites (tertiary alicyclic amines) is 1. The van der Waals surface area contributed by atoms with E-state index in [9.17, 15) is 14.3 Å². The summed E-state index contributed by atoms with van der Waals surface area (Å²) < 4.78 is 14.5. The number of fused-ring (bicyclic) bond motifs is 1. The number of aliphatic hydroxyl groups excluding tert-OH is 1. The average Bonchev–Trinajstić information content (AvgIpc) is 2.78. The van der Waals surface area contributed by atoms with Crippen LogP contribution in [-0.2, 0) is 4.79 Å². The third-order valence-corrected chi connectivity index (χ3v) is 5.60. The fraction of sp³-hybridized carbons (Fsp3) is 0.333. The Morgan fingerprint density at radius 2 is 1.86 bits per heavy atom. The van der Waals surface area contributed by atoms with Gasteiger partial charge in [0.15, 0.2) is 0 Å². The van der Waals surface area contributed by atoms with Gasteiger partial charge in [0.1, 0.15) is 5.82 Å². The summed E-state index contributed by atoms with van der Waals surface area (Å²) in [5, 5.41) is 11.0. The topological polar surface area (TPSA) is 56.1 Å². The normalized spacial score (nSPS) is 21.3. The van der Waals surface area contributed by atoms with Gasteiger partial charge in [0.25, 0.3) is 5.91 Å². The minimum Gasteiger partial charge on any atom is -0.364 e. The Morgan fingerprint density at radius 1 is 1.14 bits per heavy atom. The summed E-state index contributed by atoms with van der Waals surface area (Å²) in [6, 6.07) is 11.3. The number of carbonyl (C=O) groups excluding carboxylic acids is 1. The second-order valence-electron chi connectivity index (χ2n) is 7.24. The van der Waals surface area contributed by atoms with Crippen LogP contribution in [0.2, 0.25) is 5.02 Å². The molecule has 7 heteroatoms. The Labute approximate surface area is 168 Å². The molecule has 2 aliphatic heterocycles. The van der Waals surface area contributed by atoms with E-state index < -0.39 is 18.0 Å². The number of hydrogen-bond donors (Lipinski definition) is 1. The van der Waals surface area contributed by atoms with Crippen LogP contribution in [0.1, 0.15) is 24.0 Å². The summed E-state index contributed by atoms with van der Waals surface area (Å²) in [7, 11) is 2.04. The monoisotopic (exact) mass is 401 g/mol. The van der Waals surface area contributed by atoms with Crippen molar-refractivity contribution in [3.63, 3.8) is 0 Å². The molecule has 1 atom stereocenters. The van der Waals surface area contributed by atoms with E-state index in [4.69, 9.17) is 11.6 Å². The Hall–Kier alpha value is -2.28. The summed E-state index contributed by atoms with van der Waals surface area (Å²) in [6.45, 7) is 1.71. The Morgan fingerprint density at radius 3 is 2.57 bits per heavy atom. The maximum absolute atomic E-state index is 14.5. The van der Waals surface area contributed by atoms with Gasteiger partial charge in [-0.05, 0) is 63.3 Å². The van der Waals surface area contributed by atoms with Crippen LogP contribution in [0, 0.1) is 5.82 Å². The first-order chi connectivity index (χ1) is 13.5. The lowest BCUT2D eigenvalue weighted by atomic mass is 9.97. The maximum Gasteiger partial charge on any atom is 0.279 e. The zero-order valence-electron chi connectivity index (χ0n) is 15.5. The van der Waals surface area contributed by atoms with Crippen molar-refractivity contribution in [2.24, 2.45) is 4.99 Å². The van der Waals surface area contributed by atoms with E-state index in [1.165, 1.54) is 6.07 Å². The van der Waals surface area contributed by atoms with Gasteiger partial charge < -0.3 is 14.9 Å². The number of aliphatic hydroxyl groups is 1. The second kappa shape index (κ2) is 7.62. The Balaban J connectivity index is 1.87. The van der Waals surface area contributed by atoms with Gasteiger partial charge >= 0.3 is 0 Å². The molecule has 4 rings (SSSR count). The lowest BCUT2D eigenvalue weighted by Gasteiger charge is -2.37. The summed E-state index contributed by atoms with van der Waals surface area (Å²) in [6.07, 6.45) is -0.0292. The smallest absolute Gasteiger partial charge is 0.279 e. The maximum atomic E-state index is 14.5. The van der Waals surface area contributed by atoms with Crippen molar-refractivity contribution in [2.45, 2.75) is 25.1 Å². The van der Waals surface area contributed by atoms with Crippen molar-refractivity contribution in [1.29, 1.82) is 0 Å². The van der Waals surface area contributed by atoms with Crippen molar-refractivity contribution in [3.8, 4) is 0 Å². The molecule has 0 aliphatic carbocycles. The number of benzodiazepines with no additional fused rings is 1. The van der Waals surface area contributed by atoms with Crippen LogP contribution in [0.3, 0.4) is 0 Å². The SMILES string of the molecule is CN1CCC(N2C(=O)C(O)N=C(c3ccccc3F)c3cc(Cl)ccc32)CC1. The van der Waals surface area contributed by atoms with Gasteiger partial charge in [-0.2, -0.15) is 0 Å². The number of aliphatic imine (C=N–C) groups is 1. The molecular weight excluding hydrogens is 381 g/mol. The largest absolute Gasteiger partial charge is 0.364 e. The highest BCUT2D eigenvalue weighted by molar-refractivity contribution is 6.32. The van der Waals surface area contributed by atoms with Crippen LogP contribution < -0.4 is 4.90 Å². The van der Waals surface area contributed by atoms with Gasteiger partial charge in [0, 0.05) is 22.2 Å². The molecule has 2 aromatic rings. The van der Waals surface area contributed by atoms with Gasteiger partial charge in [-0.15, -0.1) is 0 Å². The van der Waals surface area contributed by atoms with E-state index in [2.05, 4.69) is 9.89 Å². The van der Waals surface area contributed by atoms with Crippen molar-refractivity contribution in [3.05, 3.63) is 64.4 Å². The lowest BCUT2D eigenvalue weighted by molar-refractivity contribution is -0.126. The molecule has 0 aromatic heterocycles. The summed E-state index contributed by atoms with van der Waals surface area (Å²) >= 11 is 6.23. The third-order valence-electron chi connectivity index (χ3n) is 5.37. The van der Waals surface area contributed by atoms with Crippen LogP contribution in [-0.4, -0.2) is 54.0 Å². The number of piperidine rings is 1. The van der Waals surface area contributed by atoms with Crippen molar-refractivity contribution < 1.29 is 14.3 Å². The third kappa shape index (κ3) is 3.43. The number of anilines is 1. The van der Waals surface area contributed by atoms with Gasteiger partial charge in [0.05, 0.1) is 11.4 Å². The molecule has 0 saturated carbocycles. The molecule has 0 bridgehead atoms. The number of hydrogen-bond acceptors (Lipinski definition) is 4. The highest BCUT2D eigenvalue weighted by Crippen LogP contribution is 2.34. The Kier molecular flexibility index (Phi) is 5.19. The summed E-state index contributed by atoms with van der Waals surface area (Å²) in [5.74, 6) is -0.968. The van der Waals surface area contributed by atoms with Crippen LogP contribution in [0.25, 0.3) is 0 Å². The molecule has 2 aliphatic rings. The van der Waals surface area contributed by atoms with Crippen molar-refractivity contribution in [1.82, 2.24) is 4.90 Å². The predicted molar refractivity (Wildman–Crippen MR) is 108 cm³/mol. The zero-order valence-corrected chi connectivity index (χ0v) is 16.2. The first-order valence-electron chi connectivity index (χ1n) is 9.28. The van der Waals surface area contributed by atoms with Crippen LogP contribution in [0.5, 0.6) is 0 Å². The Bertz CT molecular complexity index is 941. The van der Waals surface area contributed by atoms with E-state index in [-0.39, 0.29) is 17.3 Å². The number of halogens is 2. The van der Waals surface area contributed by atoms with Crippen LogP contribution >= 0.6 is 11.6 Å². The average molecular weight is 402 g/mol. The highest BCUT2D eigenvalue weighted by atomic mass is 35.5. The number of rotatable bonds is 2. The molecule has 146 valence electrons. The van der Waals surface area contributed by atoms with E-state index >= 15 is 0 Å². The lowest BCUT2D eigenvalue weighted by Crippen LogP contribution is -2.49. The first-order valence-corrected chi connectivity index (χ1v) is 9.66. The van der Waals surface area contributed by atoms with Gasteiger partial charge in [0.2, 0.25) is 6.23 Å². The molecule has 0 spiro atoms. The van der Waals surface area contributed by atoms with E-state index in [0.29, 0.717) is 16.3 Å². The second-order valence-corrected chi connectivity index (χ2v) is 7.67. The minimum absolute atomic E-state index is 0.0616. The fourth-order valence-electron chi connectivity index (χ4n) is 3.90. The molecule has 2 aromatic carbocycles. The van der Waals surface area contributed by atoms with E-state index in [0.717, 1.165) is 25.9 Å². The molecule has 1 fully saturated rings. The fourth-order valence-corrected chi connectivity index (χ4v) is 4.07. The number of amides is 1. The summed E-state index contributed by atoms with van der Waals surface area (Å²) in [4.78, 5) is 21.1. The molecule has 28 heavy (non-hydrogen) atoms. The number of nitrogens with zero attached hydrogens (tertiary/aromatic N) is 3. The number of carbonyl (C=O) groups is 1. The van der Waals surface area contributed by atoms with E-state index in [1.54, 1.807) is 41.3 Å². The van der Waals surface area contributed by atoms with Gasteiger partial charge in [-0.25, -0.2) is 9.38 Å². The number of benzene rings is 2. The highest BCUT2D eigenvalue weighted by Gasteiger charge is 2.36. The zero-order chi connectivity index (χ0) is 19.8. The molecule has 1 saturated heterocycles. The standard InChI is InChI=1S/C21H21ClFN3O2/c1-25-10-8-14(9-11-25)26-18-7-6-13(22)12-16(18)19(24-20(27)21(26)28)15-4-2-3-5-17(15)23/h2-7,12,14,20,27H,8-11H2,1H3. The molecule has 5 nitrogen and oxygen atoms in total. The van der Waals surface area contributed by atoms with E-state index in [1.807, 2.05) is 7.05 Å². The van der Waals surface area contributed by atoms with Crippen LogP contribution in [0.15, 0.2) is 47.5 Å². The van der Waals surface area contributed by atoms with Crippen molar-refractivity contribution in [2.75, 3.05) is 25.0 Å². The first kappa shape index (κ1) is 19.1. The van der Waals surface area contributed by atoms with Gasteiger partial charge in [-0.3, -0.25) is 4.79 Å². The summed E-state index contributed by atoms with van der Waals surface area (Å²) in [5.41, 5.74) is 1.60. The molecule has 1 amide bonds. The minimum atomic E-state index is -1.60.